The molecule has 2 rings (SSSR count). The van der Waals surface area contributed by atoms with E-state index in [1.807, 2.05) is 12.1 Å². The van der Waals surface area contributed by atoms with E-state index in [0.717, 1.165) is 5.56 Å². The summed E-state index contributed by atoms with van der Waals surface area (Å²) in [4.78, 5) is 23.6. The molecule has 0 aliphatic heterocycles. The van der Waals surface area contributed by atoms with Gasteiger partial charge in [0.15, 0.2) is 0 Å². The molecule has 24 heavy (non-hydrogen) atoms. The number of rotatable bonds is 5. The summed E-state index contributed by atoms with van der Waals surface area (Å²) in [5, 5.41) is 5.03. The molecule has 2 amide bonds. The van der Waals surface area contributed by atoms with E-state index in [2.05, 4.69) is 24.5 Å². The number of carbonyl (C=O) groups is 2. The highest BCUT2D eigenvalue weighted by Crippen LogP contribution is 2.17. The number of anilines is 1. The summed E-state index contributed by atoms with van der Waals surface area (Å²) in [6.45, 7) is 4.35. The van der Waals surface area contributed by atoms with Crippen LogP contribution in [-0.2, 0) is 16.0 Å². The maximum absolute atomic E-state index is 13.5. The Labute approximate surface area is 141 Å². The van der Waals surface area contributed by atoms with Crippen LogP contribution in [-0.4, -0.2) is 18.4 Å². The molecule has 0 fully saturated rings. The minimum Gasteiger partial charge on any atom is -0.347 e. The maximum atomic E-state index is 13.5. The molecule has 0 radical (unpaired) electrons. The molecule has 0 aromatic heterocycles. The van der Waals surface area contributed by atoms with Crippen LogP contribution in [0.3, 0.4) is 0 Å². The first-order valence-corrected chi connectivity index (χ1v) is 7.90. The zero-order chi connectivity index (χ0) is 17.5. The molecule has 0 aliphatic rings. The van der Waals surface area contributed by atoms with Gasteiger partial charge in [0.05, 0.1) is 0 Å². The van der Waals surface area contributed by atoms with Crippen molar-refractivity contribution < 1.29 is 14.0 Å². The van der Waals surface area contributed by atoms with Gasteiger partial charge < -0.3 is 10.6 Å². The van der Waals surface area contributed by atoms with Crippen LogP contribution in [0.15, 0.2) is 48.5 Å². The minimum absolute atomic E-state index is 0.194. The average Bonchev–Trinajstić information content (AvgIpc) is 2.57. The Morgan fingerprint density at radius 1 is 1.00 bits per heavy atom. The molecule has 0 unspecified atom stereocenters. The Bertz CT molecular complexity index is 712. The van der Waals surface area contributed by atoms with Crippen molar-refractivity contribution in [1.29, 1.82) is 0 Å². The van der Waals surface area contributed by atoms with Gasteiger partial charge in [-0.1, -0.05) is 44.2 Å². The zero-order valence-electron chi connectivity index (χ0n) is 13.8. The molecule has 5 heteroatoms. The van der Waals surface area contributed by atoms with Gasteiger partial charge in [-0.3, -0.25) is 9.59 Å². The molecule has 126 valence electrons. The minimum atomic E-state index is -0.737. The van der Waals surface area contributed by atoms with Gasteiger partial charge in [0.1, 0.15) is 5.82 Å². The highest BCUT2D eigenvalue weighted by Gasteiger charge is 2.13. The topological polar surface area (TPSA) is 58.2 Å². The Kier molecular flexibility index (Phi) is 6.07. The van der Waals surface area contributed by atoms with E-state index < -0.39 is 11.8 Å². The first-order valence-electron chi connectivity index (χ1n) is 7.90. The standard InChI is InChI=1S/C19H21FN2O2/c1-13(2)14-7-9-16(10-8-14)22-19(24)18(23)21-12-11-15-5-3-4-6-17(15)20/h3-10,13H,11-12H2,1-2H3,(H,21,23)(H,22,24). The van der Waals surface area contributed by atoms with Crippen LogP contribution in [0.25, 0.3) is 0 Å². The van der Waals surface area contributed by atoms with Gasteiger partial charge in [-0.05, 0) is 41.7 Å². The fourth-order valence-electron chi connectivity index (χ4n) is 2.23. The molecule has 0 aliphatic carbocycles. The highest BCUT2D eigenvalue weighted by atomic mass is 19.1. The monoisotopic (exact) mass is 328 g/mol. The molecule has 0 spiro atoms. The predicted octanol–water partition coefficient (Wildman–Crippen LogP) is 3.25. The molecule has 0 saturated heterocycles. The molecule has 2 N–H and O–H groups in total. The lowest BCUT2D eigenvalue weighted by atomic mass is 10.0. The van der Waals surface area contributed by atoms with E-state index in [4.69, 9.17) is 0 Å². The van der Waals surface area contributed by atoms with Crippen LogP contribution in [0.1, 0.15) is 30.9 Å². The summed E-state index contributed by atoms with van der Waals surface area (Å²) >= 11 is 0. The van der Waals surface area contributed by atoms with E-state index in [0.29, 0.717) is 23.6 Å². The number of nitrogens with one attached hydrogen (secondary N) is 2. The van der Waals surface area contributed by atoms with Crippen LogP contribution in [0.4, 0.5) is 10.1 Å². The average molecular weight is 328 g/mol. The van der Waals surface area contributed by atoms with Gasteiger partial charge in [-0.25, -0.2) is 4.39 Å². The van der Waals surface area contributed by atoms with Crippen LogP contribution < -0.4 is 10.6 Å². The predicted molar refractivity (Wildman–Crippen MR) is 92.3 cm³/mol. The number of amides is 2. The molecule has 0 atom stereocenters. The lowest BCUT2D eigenvalue weighted by Crippen LogP contribution is -2.36. The van der Waals surface area contributed by atoms with Crippen LogP contribution in [0, 0.1) is 5.82 Å². The molecule has 0 bridgehead atoms. The molecule has 4 nitrogen and oxygen atoms in total. The van der Waals surface area contributed by atoms with E-state index in [9.17, 15) is 14.0 Å². The third-order valence-corrected chi connectivity index (χ3v) is 3.68. The summed E-state index contributed by atoms with van der Waals surface area (Å²) in [7, 11) is 0. The van der Waals surface area contributed by atoms with Crippen molar-refractivity contribution in [3.63, 3.8) is 0 Å². The smallest absolute Gasteiger partial charge is 0.313 e. The fraction of sp³-hybridized carbons (Fsp3) is 0.263. The van der Waals surface area contributed by atoms with Crippen LogP contribution in [0.5, 0.6) is 0 Å². The number of halogens is 1. The second kappa shape index (κ2) is 8.24. The van der Waals surface area contributed by atoms with Crippen LogP contribution in [0.2, 0.25) is 0 Å². The van der Waals surface area contributed by atoms with Crippen molar-refractivity contribution in [3.05, 3.63) is 65.5 Å². The molecule has 0 saturated carbocycles. The first-order chi connectivity index (χ1) is 11.5. The van der Waals surface area contributed by atoms with Crippen molar-refractivity contribution in [2.45, 2.75) is 26.2 Å². The van der Waals surface area contributed by atoms with E-state index in [1.54, 1.807) is 30.3 Å². The van der Waals surface area contributed by atoms with Crippen molar-refractivity contribution in [2.24, 2.45) is 0 Å². The van der Waals surface area contributed by atoms with E-state index in [1.165, 1.54) is 6.07 Å². The molecular weight excluding hydrogens is 307 g/mol. The third kappa shape index (κ3) is 4.91. The van der Waals surface area contributed by atoms with Gasteiger partial charge >= 0.3 is 11.8 Å². The van der Waals surface area contributed by atoms with Crippen molar-refractivity contribution in [2.75, 3.05) is 11.9 Å². The summed E-state index contributed by atoms with van der Waals surface area (Å²) in [5.74, 6) is -1.39. The van der Waals surface area contributed by atoms with Gasteiger partial charge in [-0.15, -0.1) is 0 Å². The third-order valence-electron chi connectivity index (χ3n) is 3.68. The largest absolute Gasteiger partial charge is 0.347 e. The Hall–Kier alpha value is -2.69. The summed E-state index contributed by atoms with van der Waals surface area (Å²) in [6.07, 6.45) is 0.328. The number of hydrogen-bond acceptors (Lipinski definition) is 2. The molecule has 0 heterocycles. The van der Waals surface area contributed by atoms with Gasteiger partial charge in [0.25, 0.3) is 0 Å². The zero-order valence-corrected chi connectivity index (χ0v) is 13.8. The van der Waals surface area contributed by atoms with Crippen LogP contribution >= 0.6 is 0 Å². The first kappa shape index (κ1) is 17.7. The number of carbonyl (C=O) groups excluding carboxylic acids is 2. The highest BCUT2D eigenvalue weighted by molar-refractivity contribution is 6.39. The van der Waals surface area contributed by atoms with Crippen molar-refractivity contribution in [1.82, 2.24) is 5.32 Å². The lowest BCUT2D eigenvalue weighted by molar-refractivity contribution is -0.136. The Morgan fingerprint density at radius 3 is 2.29 bits per heavy atom. The lowest BCUT2D eigenvalue weighted by Gasteiger charge is -2.09. The van der Waals surface area contributed by atoms with Crippen molar-refractivity contribution >= 4 is 17.5 Å². The maximum Gasteiger partial charge on any atom is 0.313 e. The molecule has 2 aromatic rings. The van der Waals surface area contributed by atoms with Gasteiger partial charge in [0, 0.05) is 12.2 Å². The quantitative estimate of drug-likeness (QED) is 0.828. The fourth-order valence-corrected chi connectivity index (χ4v) is 2.23. The van der Waals surface area contributed by atoms with Gasteiger partial charge in [-0.2, -0.15) is 0 Å². The summed E-state index contributed by atoms with van der Waals surface area (Å²) < 4.78 is 13.5. The summed E-state index contributed by atoms with van der Waals surface area (Å²) in [6, 6.07) is 13.7. The normalized spacial score (nSPS) is 10.5. The summed E-state index contributed by atoms with van der Waals surface area (Å²) in [5.41, 5.74) is 2.22. The molecule has 2 aromatic carbocycles. The number of benzene rings is 2. The SMILES string of the molecule is CC(C)c1ccc(NC(=O)C(=O)NCCc2ccccc2F)cc1. The Balaban J connectivity index is 1.82. The molecular formula is C19H21FN2O2. The van der Waals surface area contributed by atoms with E-state index in [-0.39, 0.29) is 12.4 Å². The second-order valence-electron chi connectivity index (χ2n) is 5.83. The number of hydrogen-bond donors (Lipinski definition) is 2. The Morgan fingerprint density at radius 2 is 1.67 bits per heavy atom. The van der Waals surface area contributed by atoms with Crippen molar-refractivity contribution in [3.8, 4) is 0 Å². The van der Waals surface area contributed by atoms with Gasteiger partial charge in [0.2, 0.25) is 0 Å². The second-order valence-corrected chi connectivity index (χ2v) is 5.83. The van der Waals surface area contributed by atoms with E-state index >= 15 is 0 Å².